The van der Waals surface area contributed by atoms with Crippen LogP contribution in [-0.2, 0) is 24.8 Å². The first-order valence-corrected chi connectivity index (χ1v) is 14.5. The number of nitrogens with one attached hydrogen (secondary N) is 1. The van der Waals surface area contributed by atoms with E-state index in [1.165, 1.54) is 40.7 Å². The fourth-order valence-electron chi connectivity index (χ4n) is 4.22. The number of nitrogens with zero attached hydrogens (tertiary/aromatic N) is 2. The Balaban J connectivity index is 1.57. The van der Waals surface area contributed by atoms with Crippen molar-refractivity contribution in [3.05, 3.63) is 83.9 Å². The van der Waals surface area contributed by atoms with Crippen LogP contribution in [0.25, 0.3) is 0 Å². The van der Waals surface area contributed by atoms with Gasteiger partial charge in [-0.25, -0.2) is 16.8 Å². The van der Waals surface area contributed by atoms with Crippen LogP contribution in [0.15, 0.2) is 82.6 Å². The molecule has 0 saturated carbocycles. The number of aryl methyl sites for hydroxylation is 2. The zero-order valence-electron chi connectivity index (χ0n) is 20.2. The molecule has 0 aromatic heterocycles. The van der Waals surface area contributed by atoms with Crippen molar-refractivity contribution >= 4 is 37.3 Å². The Morgan fingerprint density at radius 1 is 0.861 bits per heavy atom. The third kappa shape index (κ3) is 5.45. The predicted octanol–water partition coefficient (Wildman–Crippen LogP) is 3.92. The minimum atomic E-state index is -4.02. The topological polar surface area (TPSA) is 104 Å². The van der Waals surface area contributed by atoms with Crippen LogP contribution >= 0.6 is 0 Å². The van der Waals surface area contributed by atoms with Crippen molar-refractivity contribution in [1.29, 1.82) is 0 Å². The van der Waals surface area contributed by atoms with Gasteiger partial charge in [0, 0.05) is 18.8 Å². The molecule has 1 aliphatic rings. The van der Waals surface area contributed by atoms with Crippen LogP contribution < -0.4 is 9.62 Å². The first-order chi connectivity index (χ1) is 17.1. The molecular formula is C26H29N3O5S2. The highest BCUT2D eigenvalue weighted by Crippen LogP contribution is 2.28. The molecule has 0 radical (unpaired) electrons. The van der Waals surface area contributed by atoms with E-state index in [9.17, 15) is 21.6 Å². The molecule has 10 heteroatoms. The molecule has 36 heavy (non-hydrogen) atoms. The molecule has 1 saturated heterocycles. The van der Waals surface area contributed by atoms with Gasteiger partial charge >= 0.3 is 0 Å². The van der Waals surface area contributed by atoms with E-state index in [1.807, 2.05) is 13.0 Å². The van der Waals surface area contributed by atoms with Crippen molar-refractivity contribution in [3.8, 4) is 0 Å². The summed E-state index contributed by atoms with van der Waals surface area (Å²) >= 11 is 0. The Morgan fingerprint density at radius 2 is 1.50 bits per heavy atom. The number of rotatable bonds is 8. The van der Waals surface area contributed by atoms with Gasteiger partial charge in [-0.05, 0) is 74.7 Å². The van der Waals surface area contributed by atoms with Crippen LogP contribution in [0.3, 0.4) is 0 Å². The van der Waals surface area contributed by atoms with Gasteiger partial charge in [0.25, 0.3) is 10.0 Å². The van der Waals surface area contributed by atoms with Crippen molar-refractivity contribution in [2.24, 2.45) is 0 Å². The lowest BCUT2D eigenvalue weighted by Crippen LogP contribution is -2.38. The number of hydrogen-bond donors (Lipinski definition) is 1. The normalized spacial score (nSPS) is 14.5. The molecule has 0 spiro atoms. The zero-order chi connectivity index (χ0) is 25.9. The Labute approximate surface area is 212 Å². The molecule has 0 bridgehead atoms. The molecule has 8 nitrogen and oxygen atoms in total. The Hall–Kier alpha value is -3.21. The monoisotopic (exact) mass is 527 g/mol. The van der Waals surface area contributed by atoms with Crippen LogP contribution in [0.4, 0.5) is 11.4 Å². The van der Waals surface area contributed by atoms with Crippen molar-refractivity contribution in [1.82, 2.24) is 4.31 Å². The highest BCUT2D eigenvalue weighted by molar-refractivity contribution is 7.92. The zero-order valence-corrected chi connectivity index (χ0v) is 21.8. The molecule has 3 aromatic rings. The minimum absolute atomic E-state index is 0.0780. The van der Waals surface area contributed by atoms with Crippen LogP contribution in [0, 0.1) is 13.8 Å². The first kappa shape index (κ1) is 25.9. The highest BCUT2D eigenvalue weighted by Gasteiger charge is 2.29. The van der Waals surface area contributed by atoms with E-state index in [0.29, 0.717) is 24.5 Å². The molecule has 1 fully saturated rings. The second-order valence-corrected chi connectivity index (χ2v) is 12.6. The number of carbonyl (C=O) groups is 1. The molecule has 0 atom stereocenters. The van der Waals surface area contributed by atoms with Gasteiger partial charge < -0.3 is 5.32 Å². The number of anilines is 2. The molecule has 1 N–H and O–H groups in total. The summed E-state index contributed by atoms with van der Waals surface area (Å²) in [6.07, 6.45) is 1.69. The summed E-state index contributed by atoms with van der Waals surface area (Å²) in [5, 5.41) is 2.69. The lowest BCUT2D eigenvalue weighted by atomic mass is 10.1. The van der Waals surface area contributed by atoms with Crippen molar-refractivity contribution in [2.75, 3.05) is 29.3 Å². The molecule has 190 valence electrons. The van der Waals surface area contributed by atoms with E-state index < -0.39 is 32.5 Å². The van der Waals surface area contributed by atoms with Gasteiger partial charge in [0.05, 0.1) is 15.5 Å². The third-order valence-electron chi connectivity index (χ3n) is 6.08. The van der Waals surface area contributed by atoms with Gasteiger partial charge in [0.2, 0.25) is 15.9 Å². The second-order valence-electron chi connectivity index (χ2n) is 8.80. The number of amides is 1. The van der Waals surface area contributed by atoms with Crippen molar-refractivity contribution in [3.63, 3.8) is 0 Å². The molecule has 3 aromatic carbocycles. The molecule has 0 aliphatic carbocycles. The fraction of sp³-hybridized carbons (Fsp3) is 0.269. The Bertz CT molecular complexity index is 1450. The maximum Gasteiger partial charge on any atom is 0.264 e. The van der Waals surface area contributed by atoms with Crippen molar-refractivity contribution in [2.45, 2.75) is 36.5 Å². The van der Waals surface area contributed by atoms with E-state index >= 15 is 0 Å². The maximum atomic E-state index is 13.5. The van der Waals surface area contributed by atoms with Gasteiger partial charge in [-0.3, -0.25) is 9.10 Å². The summed E-state index contributed by atoms with van der Waals surface area (Å²) in [6.45, 7) is 4.27. The van der Waals surface area contributed by atoms with Gasteiger partial charge in [0.1, 0.15) is 6.54 Å². The summed E-state index contributed by atoms with van der Waals surface area (Å²) in [5.41, 5.74) is 2.48. The van der Waals surface area contributed by atoms with E-state index in [1.54, 1.807) is 37.3 Å². The van der Waals surface area contributed by atoms with E-state index in [-0.39, 0.29) is 9.79 Å². The SMILES string of the molecule is Cc1ccc(N(CC(=O)Nc2ccc(S(=O)(=O)N3CCCC3)cc2)S(=O)(=O)c2ccccc2)c(C)c1. The molecule has 1 aliphatic heterocycles. The minimum Gasteiger partial charge on any atom is -0.325 e. The van der Waals surface area contributed by atoms with E-state index in [2.05, 4.69) is 5.32 Å². The average Bonchev–Trinajstić information content (AvgIpc) is 3.40. The summed E-state index contributed by atoms with van der Waals surface area (Å²) in [6, 6.07) is 19.2. The molecule has 4 rings (SSSR count). The van der Waals surface area contributed by atoms with E-state index in [0.717, 1.165) is 28.3 Å². The maximum absolute atomic E-state index is 13.5. The summed E-state index contributed by atoms with van der Waals surface area (Å²) in [7, 11) is -7.59. The number of hydrogen-bond acceptors (Lipinski definition) is 5. The first-order valence-electron chi connectivity index (χ1n) is 11.6. The second kappa shape index (κ2) is 10.4. The van der Waals surface area contributed by atoms with Crippen LogP contribution in [0.5, 0.6) is 0 Å². The summed E-state index contributed by atoms with van der Waals surface area (Å²) < 4.78 is 55.1. The highest BCUT2D eigenvalue weighted by atomic mass is 32.2. The van der Waals surface area contributed by atoms with Gasteiger partial charge in [-0.15, -0.1) is 0 Å². The van der Waals surface area contributed by atoms with Crippen molar-refractivity contribution < 1.29 is 21.6 Å². The van der Waals surface area contributed by atoms with Crippen LogP contribution in [-0.4, -0.2) is 46.7 Å². The number of benzene rings is 3. The third-order valence-corrected chi connectivity index (χ3v) is 9.77. The molecule has 1 heterocycles. The summed E-state index contributed by atoms with van der Waals surface area (Å²) in [4.78, 5) is 13.2. The van der Waals surface area contributed by atoms with Crippen LogP contribution in [0.2, 0.25) is 0 Å². The number of sulfonamides is 2. The average molecular weight is 528 g/mol. The van der Waals surface area contributed by atoms with Gasteiger partial charge in [-0.1, -0.05) is 35.9 Å². The standard InChI is InChI=1S/C26H29N3O5S2/c1-20-10-15-25(21(2)18-20)29(36(33,34)23-8-4-3-5-9-23)19-26(30)27-22-11-13-24(14-12-22)35(31,32)28-16-6-7-17-28/h3-5,8-15,18H,6-7,16-17,19H2,1-2H3,(H,27,30). The lowest BCUT2D eigenvalue weighted by molar-refractivity contribution is -0.114. The summed E-state index contributed by atoms with van der Waals surface area (Å²) in [5.74, 6) is -0.551. The Kier molecular flexibility index (Phi) is 7.49. The molecule has 1 amide bonds. The quantitative estimate of drug-likeness (QED) is 0.478. The lowest BCUT2D eigenvalue weighted by Gasteiger charge is -2.26. The van der Waals surface area contributed by atoms with Crippen LogP contribution in [0.1, 0.15) is 24.0 Å². The fourth-order valence-corrected chi connectivity index (χ4v) is 7.25. The Morgan fingerprint density at radius 3 is 2.11 bits per heavy atom. The number of carbonyl (C=O) groups excluding carboxylic acids is 1. The molecule has 0 unspecified atom stereocenters. The molecular weight excluding hydrogens is 498 g/mol. The van der Waals surface area contributed by atoms with E-state index in [4.69, 9.17) is 0 Å². The van der Waals surface area contributed by atoms with Gasteiger partial charge in [-0.2, -0.15) is 4.31 Å². The van der Waals surface area contributed by atoms with Gasteiger partial charge in [0.15, 0.2) is 0 Å². The smallest absolute Gasteiger partial charge is 0.264 e. The largest absolute Gasteiger partial charge is 0.325 e. The predicted molar refractivity (Wildman–Crippen MR) is 140 cm³/mol.